The number of anilines is 2. The van der Waals surface area contributed by atoms with Crippen LogP contribution in [0.25, 0.3) is 10.9 Å². The summed E-state index contributed by atoms with van der Waals surface area (Å²) in [5.41, 5.74) is 9.06. The molecule has 1 atom stereocenters. The summed E-state index contributed by atoms with van der Waals surface area (Å²) in [4.78, 5) is 44.9. The molecule has 4 rings (SSSR count). The van der Waals surface area contributed by atoms with Gasteiger partial charge in [0.25, 0.3) is 0 Å². The molecule has 1 aliphatic heterocycles. The van der Waals surface area contributed by atoms with Gasteiger partial charge in [0.05, 0.1) is 12.6 Å². The zero-order valence-corrected chi connectivity index (χ0v) is 23.7. The molecule has 4 N–H and O–H groups in total. The van der Waals surface area contributed by atoms with Gasteiger partial charge in [-0.25, -0.2) is 4.79 Å². The molecule has 2 aromatic carbocycles. The quantitative estimate of drug-likeness (QED) is 0.261. The third kappa shape index (κ3) is 7.68. The lowest BCUT2D eigenvalue weighted by Gasteiger charge is -2.34. The number of aromatic amines is 1. The van der Waals surface area contributed by atoms with E-state index in [2.05, 4.69) is 15.2 Å². The number of piperazine rings is 1. The number of methoxy groups -OCH3 is 1. The van der Waals surface area contributed by atoms with Crippen molar-refractivity contribution in [3.05, 3.63) is 59.8 Å². The number of hydrogen-bond acceptors (Lipinski definition) is 7. The van der Waals surface area contributed by atoms with Crippen LogP contribution >= 0.6 is 0 Å². The lowest BCUT2D eigenvalue weighted by Crippen LogP contribution is -2.50. The summed E-state index contributed by atoms with van der Waals surface area (Å²) in [6, 6.07) is 13.9. The minimum atomic E-state index is -0.762. The number of hydrogen-bond donors (Lipinski definition) is 3. The summed E-state index contributed by atoms with van der Waals surface area (Å²) in [5.74, 6) is -0.678. The smallest absolute Gasteiger partial charge is 0.355 e. The molecular formula is C30H39N5O5. The highest BCUT2D eigenvalue weighted by Gasteiger charge is 2.25. The van der Waals surface area contributed by atoms with Gasteiger partial charge < -0.3 is 30.4 Å². The second-order valence-corrected chi connectivity index (χ2v) is 11.1. The van der Waals surface area contributed by atoms with Crippen molar-refractivity contribution in [3.8, 4) is 0 Å². The summed E-state index contributed by atoms with van der Waals surface area (Å²) in [7, 11) is 1.68. The zero-order valence-electron chi connectivity index (χ0n) is 23.7. The van der Waals surface area contributed by atoms with Gasteiger partial charge in [0.2, 0.25) is 11.8 Å². The number of nitrogens with two attached hydrogens (primary N) is 1. The van der Waals surface area contributed by atoms with E-state index in [9.17, 15) is 14.4 Å². The normalized spacial score (nSPS) is 15.3. The molecule has 1 fully saturated rings. The molecular weight excluding hydrogens is 510 g/mol. The Morgan fingerprint density at radius 2 is 1.85 bits per heavy atom. The van der Waals surface area contributed by atoms with Gasteiger partial charge in [0, 0.05) is 55.6 Å². The topological polar surface area (TPSA) is 130 Å². The highest BCUT2D eigenvalue weighted by atomic mass is 16.6. The fourth-order valence-corrected chi connectivity index (χ4v) is 4.67. The molecule has 2 amide bonds. The van der Waals surface area contributed by atoms with E-state index in [0.29, 0.717) is 37.5 Å². The van der Waals surface area contributed by atoms with Crippen LogP contribution in [-0.2, 0) is 25.5 Å². The molecule has 214 valence electrons. The predicted molar refractivity (Wildman–Crippen MR) is 156 cm³/mol. The van der Waals surface area contributed by atoms with E-state index in [0.717, 1.165) is 41.7 Å². The Kier molecular flexibility index (Phi) is 9.24. The predicted octanol–water partition coefficient (Wildman–Crippen LogP) is 3.32. The van der Waals surface area contributed by atoms with Gasteiger partial charge in [-0.3, -0.25) is 14.5 Å². The number of ether oxygens (including phenoxy) is 2. The number of benzene rings is 2. The van der Waals surface area contributed by atoms with Gasteiger partial charge in [0.1, 0.15) is 11.3 Å². The van der Waals surface area contributed by atoms with E-state index in [4.69, 9.17) is 15.2 Å². The average Bonchev–Trinajstić information content (AvgIpc) is 3.32. The number of nitrogens with zero attached hydrogens (tertiary/aromatic N) is 2. The third-order valence-electron chi connectivity index (χ3n) is 6.67. The molecule has 0 unspecified atom stereocenters. The number of amides is 2. The number of nitrogens with one attached hydrogen (secondary N) is 2. The Morgan fingerprint density at radius 1 is 1.10 bits per heavy atom. The van der Waals surface area contributed by atoms with Crippen LogP contribution in [0.3, 0.4) is 0 Å². The number of H-pyrrole nitrogens is 1. The van der Waals surface area contributed by atoms with Gasteiger partial charge in [-0.1, -0.05) is 12.1 Å². The van der Waals surface area contributed by atoms with Gasteiger partial charge in [-0.2, -0.15) is 0 Å². The third-order valence-corrected chi connectivity index (χ3v) is 6.67. The maximum absolute atomic E-state index is 12.8. The molecule has 0 saturated carbocycles. The molecule has 0 radical (unpaired) electrons. The summed E-state index contributed by atoms with van der Waals surface area (Å²) in [6.07, 6.45) is 1.25. The molecule has 1 aromatic heterocycles. The molecule has 3 aromatic rings. The minimum absolute atomic E-state index is 0.0742. The summed E-state index contributed by atoms with van der Waals surface area (Å²) >= 11 is 0. The van der Waals surface area contributed by atoms with Crippen LogP contribution < -0.4 is 16.0 Å². The molecule has 0 bridgehead atoms. The van der Waals surface area contributed by atoms with E-state index >= 15 is 0 Å². The fraction of sp³-hybridized carbons (Fsp3) is 0.433. The van der Waals surface area contributed by atoms with E-state index in [-0.39, 0.29) is 11.8 Å². The Morgan fingerprint density at radius 3 is 2.52 bits per heavy atom. The molecule has 10 heteroatoms. The van der Waals surface area contributed by atoms with Crippen molar-refractivity contribution in [3.63, 3.8) is 0 Å². The highest BCUT2D eigenvalue weighted by molar-refractivity contribution is 5.99. The first-order valence-corrected chi connectivity index (χ1v) is 13.6. The van der Waals surface area contributed by atoms with Crippen LogP contribution in [0.5, 0.6) is 0 Å². The van der Waals surface area contributed by atoms with Gasteiger partial charge in [-0.15, -0.1) is 0 Å². The van der Waals surface area contributed by atoms with Gasteiger partial charge in [-0.05, 0) is 75.6 Å². The number of aromatic nitrogens is 1. The van der Waals surface area contributed by atoms with Gasteiger partial charge in [0.15, 0.2) is 0 Å². The number of carbonyl (C=O) groups excluding carboxylic acids is 3. The van der Waals surface area contributed by atoms with Crippen molar-refractivity contribution in [1.29, 1.82) is 0 Å². The molecule has 1 aliphatic rings. The van der Waals surface area contributed by atoms with Crippen LogP contribution in [0.4, 0.5) is 11.4 Å². The standard InChI is InChI=1S/C30H39N5O5/c1-30(2,3)40-29(38)26-18-21-17-22(8-11-25(21)33-26)32-28(37)24(31)16-20-6-9-23(10-7-20)35-14-13-34(19-27(35)36)12-5-15-39-4/h6-11,17-18,24,33H,5,12-16,19,31H2,1-4H3,(H,32,37)/t24-/m0/s1. The van der Waals surface area contributed by atoms with Crippen LogP contribution in [0, 0.1) is 0 Å². The van der Waals surface area contributed by atoms with Crippen LogP contribution in [0.2, 0.25) is 0 Å². The van der Waals surface area contributed by atoms with Gasteiger partial charge >= 0.3 is 5.97 Å². The molecule has 0 spiro atoms. The van der Waals surface area contributed by atoms with Crippen molar-refractivity contribution < 1.29 is 23.9 Å². The van der Waals surface area contributed by atoms with E-state index in [1.165, 1.54) is 0 Å². The number of rotatable bonds is 10. The van der Waals surface area contributed by atoms with Crippen molar-refractivity contribution >= 4 is 40.1 Å². The lowest BCUT2D eigenvalue weighted by atomic mass is 10.0. The second-order valence-electron chi connectivity index (χ2n) is 11.1. The largest absolute Gasteiger partial charge is 0.455 e. The Bertz CT molecular complexity index is 1340. The SMILES string of the molecule is COCCCN1CCN(c2ccc(C[C@H](N)C(=O)Nc3ccc4[nH]c(C(=O)OC(C)(C)C)cc4c3)cc2)C(=O)C1. The molecule has 0 aliphatic carbocycles. The summed E-state index contributed by atoms with van der Waals surface area (Å²) < 4.78 is 10.5. The van der Waals surface area contributed by atoms with Crippen molar-refractivity contribution in [1.82, 2.24) is 9.88 Å². The lowest BCUT2D eigenvalue weighted by molar-refractivity contribution is -0.121. The van der Waals surface area contributed by atoms with Crippen LogP contribution in [0.15, 0.2) is 48.5 Å². The fourth-order valence-electron chi connectivity index (χ4n) is 4.67. The molecule has 2 heterocycles. The average molecular weight is 550 g/mol. The number of fused-ring (bicyclic) bond motifs is 1. The zero-order chi connectivity index (χ0) is 28.9. The first-order valence-electron chi connectivity index (χ1n) is 13.6. The Hall–Kier alpha value is -3.73. The second kappa shape index (κ2) is 12.6. The Balaban J connectivity index is 1.31. The van der Waals surface area contributed by atoms with Crippen LogP contribution in [0.1, 0.15) is 43.2 Å². The molecule has 40 heavy (non-hydrogen) atoms. The highest BCUT2D eigenvalue weighted by Crippen LogP contribution is 2.23. The van der Waals surface area contributed by atoms with E-state index in [1.54, 1.807) is 36.3 Å². The molecule has 1 saturated heterocycles. The monoisotopic (exact) mass is 549 g/mol. The molecule has 10 nitrogen and oxygen atoms in total. The maximum Gasteiger partial charge on any atom is 0.355 e. The maximum atomic E-state index is 12.8. The minimum Gasteiger partial charge on any atom is -0.455 e. The van der Waals surface area contributed by atoms with E-state index < -0.39 is 17.6 Å². The summed E-state index contributed by atoms with van der Waals surface area (Å²) in [6.45, 7) is 8.83. The van der Waals surface area contributed by atoms with Crippen molar-refractivity contribution in [2.75, 3.05) is 50.1 Å². The Labute approximate surface area is 234 Å². The summed E-state index contributed by atoms with van der Waals surface area (Å²) in [5, 5.41) is 3.63. The van der Waals surface area contributed by atoms with Crippen molar-refractivity contribution in [2.45, 2.75) is 45.3 Å². The van der Waals surface area contributed by atoms with E-state index in [1.807, 2.05) is 45.0 Å². The number of esters is 1. The first-order chi connectivity index (χ1) is 19.0. The van der Waals surface area contributed by atoms with Crippen molar-refractivity contribution in [2.24, 2.45) is 5.73 Å². The van der Waals surface area contributed by atoms with Crippen LogP contribution in [-0.4, -0.2) is 79.2 Å². The first kappa shape index (κ1) is 29.3. The number of carbonyl (C=O) groups is 3.